The van der Waals surface area contributed by atoms with Crippen molar-refractivity contribution in [2.24, 2.45) is 0 Å². The molecule has 0 aromatic heterocycles. The van der Waals surface area contributed by atoms with Crippen molar-refractivity contribution < 1.29 is 14.6 Å². The number of para-hydroxylation sites is 1. The highest BCUT2D eigenvalue weighted by Gasteiger charge is 2.21. The Labute approximate surface area is 113 Å². The second kappa shape index (κ2) is 5.93. The van der Waals surface area contributed by atoms with E-state index in [4.69, 9.17) is 4.74 Å². The normalized spacial score (nSPS) is 17.2. The molecule has 0 radical (unpaired) electrons. The topological polar surface area (TPSA) is 61.8 Å². The Balaban J connectivity index is 2.04. The number of hydrogen-bond acceptors (Lipinski definition) is 4. The summed E-state index contributed by atoms with van der Waals surface area (Å²) in [5.41, 5.74) is 0.262. The van der Waals surface area contributed by atoms with Gasteiger partial charge in [0.2, 0.25) is 0 Å². The van der Waals surface area contributed by atoms with Gasteiger partial charge in [0.05, 0.1) is 12.7 Å². The van der Waals surface area contributed by atoms with Crippen LogP contribution in [-0.2, 0) is 0 Å². The van der Waals surface area contributed by atoms with Crippen molar-refractivity contribution in [3.8, 4) is 11.5 Å². The molecule has 0 aliphatic carbocycles. The lowest BCUT2D eigenvalue weighted by Crippen LogP contribution is -2.43. The van der Waals surface area contributed by atoms with Gasteiger partial charge in [-0.1, -0.05) is 6.07 Å². The molecule has 19 heavy (non-hydrogen) atoms. The van der Waals surface area contributed by atoms with Crippen molar-refractivity contribution in [3.05, 3.63) is 23.8 Å². The number of likely N-dealkylation sites (tertiary alicyclic amines) is 1. The van der Waals surface area contributed by atoms with Gasteiger partial charge in [-0.25, -0.2) is 0 Å². The molecule has 2 N–H and O–H groups in total. The van der Waals surface area contributed by atoms with Crippen molar-refractivity contribution in [1.29, 1.82) is 0 Å². The largest absolute Gasteiger partial charge is 0.504 e. The van der Waals surface area contributed by atoms with Gasteiger partial charge >= 0.3 is 0 Å². The Morgan fingerprint density at radius 3 is 2.74 bits per heavy atom. The van der Waals surface area contributed by atoms with Crippen molar-refractivity contribution in [2.75, 3.05) is 27.2 Å². The van der Waals surface area contributed by atoms with E-state index in [9.17, 15) is 9.90 Å². The highest BCUT2D eigenvalue weighted by Crippen LogP contribution is 2.29. The zero-order chi connectivity index (χ0) is 13.8. The van der Waals surface area contributed by atoms with Crippen molar-refractivity contribution in [1.82, 2.24) is 10.2 Å². The van der Waals surface area contributed by atoms with E-state index in [0.717, 1.165) is 25.9 Å². The number of carbonyl (C=O) groups is 1. The van der Waals surface area contributed by atoms with Crippen LogP contribution in [0.4, 0.5) is 0 Å². The smallest absolute Gasteiger partial charge is 0.255 e. The number of piperidine rings is 1. The van der Waals surface area contributed by atoms with Crippen molar-refractivity contribution >= 4 is 5.91 Å². The van der Waals surface area contributed by atoms with Crippen LogP contribution < -0.4 is 10.1 Å². The molecule has 5 nitrogen and oxygen atoms in total. The van der Waals surface area contributed by atoms with E-state index in [1.807, 2.05) is 0 Å². The van der Waals surface area contributed by atoms with E-state index in [2.05, 4.69) is 17.3 Å². The summed E-state index contributed by atoms with van der Waals surface area (Å²) < 4.78 is 5.00. The monoisotopic (exact) mass is 264 g/mol. The molecule has 5 heteroatoms. The highest BCUT2D eigenvalue weighted by molar-refractivity contribution is 5.97. The highest BCUT2D eigenvalue weighted by atomic mass is 16.5. The van der Waals surface area contributed by atoms with Gasteiger partial charge in [0, 0.05) is 6.04 Å². The first-order valence-electron chi connectivity index (χ1n) is 6.47. The van der Waals surface area contributed by atoms with Crippen LogP contribution in [0.2, 0.25) is 0 Å². The molecular formula is C14H20N2O3. The van der Waals surface area contributed by atoms with E-state index in [1.165, 1.54) is 7.11 Å². The van der Waals surface area contributed by atoms with Crippen LogP contribution in [0.1, 0.15) is 23.2 Å². The Hall–Kier alpha value is -1.75. The van der Waals surface area contributed by atoms with E-state index in [1.54, 1.807) is 18.2 Å². The van der Waals surface area contributed by atoms with E-state index < -0.39 is 0 Å². The first kappa shape index (κ1) is 13.7. The summed E-state index contributed by atoms with van der Waals surface area (Å²) in [6.07, 6.45) is 1.87. The molecule has 0 atom stereocenters. The number of rotatable bonds is 3. The van der Waals surface area contributed by atoms with Crippen LogP contribution in [0.5, 0.6) is 11.5 Å². The Morgan fingerprint density at radius 2 is 2.11 bits per heavy atom. The second-order valence-electron chi connectivity index (χ2n) is 4.91. The van der Waals surface area contributed by atoms with Gasteiger partial charge in [0.15, 0.2) is 11.5 Å². The Morgan fingerprint density at radius 1 is 1.42 bits per heavy atom. The third kappa shape index (κ3) is 3.17. The molecule has 1 amide bonds. The summed E-state index contributed by atoms with van der Waals surface area (Å²) in [6.45, 7) is 1.96. The third-order valence-electron chi connectivity index (χ3n) is 3.52. The fourth-order valence-corrected chi connectivity index (χ4v) is 2.29. The second-order valence-corrected chi connectivity index (χ2v) is 4.91. The standard InChI is InChI=1S/C14H20N2O3/c1-16-8-6-10(7-9-16)15-14(18)11-4-3-5-12(19-2)13(11)17/h3-5,10,17H,6-9H2,1-2H3,(H,15,18). The molecule has 1 aliphatic heterocycles. The van der Waals surface area contributed by atoms with Crippen LogP contribution in [0.25, 0.3) is 0 Å². The van der Waals surface area contributed by atoms with E-state index in [0.29, 0.717) is 5.75 Å². The minimum atomic E-state index is -0.244. The zero-order valence-corrected chi connectivity index (χ0v) is 11.3. The van der Waals surface area contributed by atoms with Crippen LogP contribution in [0.15, 0.2) is 18.2 Å². The number of methoxy groups -OCH3 is 1. The minimum absolute atomic E-state index is 0.101. The number of hydrogen-bond donors (Lipinski definition) is 2. The maximum absolute atomic E-state index is 12.1. The molecule has 2 rings (SSSR count). The van der Waals surface area contributed by atoms with Gasteiger partial charge in [-0.3, -0.25) is 4.79 Å². The average Bonchev–Trinajstić information content (AvgIpc) is 2.41. The summed E-state index contributed by atoms with van der Waals surface area (Å²) in [7, 11) is 3.54. The van der Waals surface area contributed by atoms with Gasteiger partial charge in [-0.15, -0.1) is 0 Å². The summed E-state index contributed by atoms with van der Waals surface area (Å²) in [5, 5.41) is 12.9. The number of phenols is 1. The predicted octanol–water partition coefficient (Wildman–Crippen LogP) is 1.22. The number of carbonyl (C=O) groups excluding carboxylic acids is 1. The maximum Gasteiger partial charge on any atom is 0.255 e. The minimum Gasteiger partial charge on any atom is -0.504 e. The molecule has 1 saturated heterocycles. The van der Waals surface area contributed by atoms with Gasteiger partial charge < -0.3 is 20.1 Å². The molecule has 1 fully saturated rings. The third-order valence-corrected chi connectivity index (χ3v) is 3.52. The first-order chi connectivity index (χ1) is 9.11. The molecule has 0 saturated carbocycles. The lowest BCUT2D eigenvalue weighted by atomic mass is 10.0. The summed E-state index contributed by atoms with van der Waals surface area (Å²) >= 11 is 0. The summed E-state index contributed by atoms with van der Waals surface area (Å²) in [4.78, 5) is 14.4. The van der Waals surface area contributed by atoms with Crippen LogP contribution >= 0.6 is 0 Å². The van der Waals surface area contributed by atoms with Crippen LogP contribution in [0, 0.1) is 0 Å². The number of ether oxygens (including phenoxy) is 1. The maximum atomic E-state index is 12.1. The fourth-order valence-electron chi connectivity index (χ4n) is 2.29. The van der Waals surface area contributed by atoms with Gasteiger partial charge in [-0.05, 0) is 45.1 Å². The van der Waals surface area contributed by atoms with Crippen molar-refractivity contribution in [2.45, 2.75) is 18.9 Å². The van der Waals surface area contributed by atoms with E-state index >= 15 is 0 Å². The van der Waals surface area contributed by atoms with Gasteiger partial charge in [0.25, 0.3) is 5.91 Å². The number of nitrogens with zero attached hydrogens (tertiary/aromatic N) is 1. The molecule has 0 spiro atoms. The molecule has 0 unspecified atom stereocenters. The fraction of sp³-hybridized carbons (Fsp3) is 0.500. The molecule has 0 bridgehead atoms. The van der Waals surface area contributed by atoms with E-state index in [-0.39, 0.29) is 23.3 Å². The van der Waals surface area contributed by atoms with Gasteiger partial charge in [0.1, 0.15) is 0 Å². The molecule has 1 aromatic rings. The Kier molecular flexibility index (Phi) is 4.27. The molecule has 1 heterocycles. The summed E-state index contributed by atoms with van der Waals surface area (Å²) in [5.74, 6) is -0.0302. The first-order valence-corrected chi connectivity index (χ1v) is 6.47. The summed E-state index contributed by atoms with van der Waals surface area (Å²) in [6, 6.07) is 5.10. The molecular weight excluding hydrogens is 244 g/mol. The van der Waals surface area contributed by atoms with Crippen LogP contribution in [-0.4, -0.2) is 49.2 Å². The molecule has 104 valence electrons. The lowest BCUT2D eigenvalue weighted by Gasteiger charge is -2.29. The number of nitrogens with one attached hydrogen (secondary N) is 1. The average molecular weight is 264 g/mol. The van der Waals surface area contributed by atoms with Crippen molar-refractivity contribution in [3.63, 3.8) is 0 Å². The number of aromatic hydroxyl groups is 1. The quantitative estimate of drug-likeness (QED) is 0.862. The Bertz CT molecular complexity index is 454. The SMILES string of the molecule is COc1cccc(C(=O)NC2CCN(C)CC2)c1O. The molecule has 1 aromatic carbocycles. The lowest BCUT2D eigenvalue weighted by molar-refractivity contribution is 0.0913. The zero-order valence-electron chi connectivity index (χ0n) is 11.3. The number of amides is 1. The predicted molar refractivity (Wildman–Crippen MR) is 72.6 cm³/mol. The molecule has 1 aliphatic rings. The van der Waals surface area contributed by atoms with Crippen LogP contribution in [0.3, 0.4) is 0 Å². The van der Waals surface area contributed by atoms with Gasteiger partial charge in [-0.2, -0.15) is 0 Å². The number of benzene rings is 1. The number of phenolic OH excluding ortho intramolecular Hbond substituents is 1.